The van der Waals surface area contributed by atoms with Gasteiger partial charge in [-0.15, -0.1) is 0 Å². The Bertz CT molecular complexity index is 470. The van der Waals surface area contributed by atoms with Gasteiger partial charge in [0, 0.05) is 35.4 Å². The first-order valence-corrected chi connectivity index (χ1v) is 6.43. The van der Waals surface area contributed by atoms with E-state index in [2.05, 4.69) is 9.97 Å². The topological polar surface area (TPSA) is 115 Å². The number of nitrogens with two attached hydrogens (primary N) is 1. The van der Waals surface area contributed by atoms with Crippen molar-refractivity contribution in [3.05, 3.63) is 16.3 Å². The zero-order chi connectivity index (χ0) is 12.4. The Morgan fingerprint density at radius 2 is 2.12 bits per heavy atom. The number of hydrogen-bond acceptors (Lipinski definition) is 7. The number of hydrogen-bond donors (Lipinski definition) is 1. The highest BCUT2D eigenvalue weighted by Gasteiger charge is 2.25. The molecular weight excluding hydrogens is 246 g/mol. The first-order valence-electron chi connectivity index (χ1n) is 4.95. The largest absolute Gasteiger partial charge is 0.368 e. The quantitative estimate of drug-likeness (QED) is 0.562. The van der Waals surface area contributed by atoms with Crippen molar-refractivity contribution in [2.45, 2.75) is 0 Å². The van der Waals surface area contributed by atoms with Crippen LogP contribution in [-0.4, -0.2) is 43.7 Å². The van der Waals surface area contributed by atoms with Crippen LogP contribution in [0.3, 0.4) is 0 Å². The summed E-state index contributed by atoms with van der Waals surface area (Å²) in [6.45, 7) is 0.952. The van der Waals surface area contributed by atoms with Crippen LogP contribution < -0.4 is 10.6 Å². The number of nitrogen functional groups attached to an aromatic ring is 1. The van der Waals surface area contributed by atoms with Gasteiger partial charge in [-0.05, 0) is 0 Å². The lowest BCUT2D eigenvalue weighted by atomic mass is 10.4. The number of nitrogens with zero attached hydrogens (tertiary/aromatic N) is 4. The van der Waals surface area contributed by atoms with Gasteiger partial charge in [0.25, 0.3) is 0 Å². The molecule has 1 aromatic heterocycles. The molecule has 1 aliphatic heterocycles. The lowest BCUT2D eigenvalue weighted by Gasteiger charge is -2.26. The van der Waals surface area contributed by atoms with Gasteiger partial charge < -0.3 is 10.6 Å². The van der Waals surface area contributed by atoms with Gasteiger partial charge in [-0.25, -0.2) is 4.98 Å². The molecule has 17 heavy (non-hydrogen) atoms. The summed E-state index contributed by atoms with van der Waals surface area (Å²) in [6.07, 6.45) is 1.10. The van der Waals surface area contributed by atoms with E-state index in [1.54, 1.807) is 4.90 Å². The summed E-state index contributed by atoms with van der Waals surface area (Å²) in [5.74, 6) is 1.18. The third-order valence-electron chi connectivity index (χ3n) is 2.44. The van der Waals surface area contributed by atoms with E-state index in [0.717, 1.165) is 6.20 Å². The van der Waals surface area contributed by atoms with Gasteiger partial charge in [0.05, 0.1) is 4.92 Å². The molecule has 2 heterocycles. The minimum absolute atomic E-state index is 0.00250. The molecular formula is C8H11N5O3S. The summed E-state index contributed by atoms with van der Waals surface area (Å²) in [7, 11) is -0.844. The van der Waals surface area contributed by atoms with Gasteiger partial charge in [0.2, 0.25) is 11.8 Å². The van der Waals surface area contributed by atoms with E-state index < -0.39 is 15.7 Å². The van der Waals surface area contributed by atoms with Crippen molar-refractivity contribution in [2.75, 3.05) is 35.2 Å². The SMILES string of the molecule is Nc1ncc([N+](=O)[O-])c(N2CCS(=O)CC2)n1. The number of aromatic nitrogens is 2. The molecule has 0 radical (unpaired) electrons. The Labute approximate surface area is 99.5 Å². The van der Waals surface area contributed by atoms with Gasteiger partial charge in [0.1, 0.15) is 6.20 Å². The Hall–Kier alpha value is -1.77. The van der Waals surface area contributed by atoms with Crippen molar-refractivity contribution in [1.29, 1.82) is 0 Å². The highest BCUT2D eigenvalue weighted by Crippen LogP contribution is 2.26. The lowest BCUT2D eigenvalue weighted by molar-refractivity contribution is -0.384. The lowest BCUT2D eigenvalue weighted by Crippen LogP contribution is -2.38. The van der Waals surface area contributed by atoms with Crippen LogP contribution in [0.2, 0.25) is 0 Å². The Morgan fingerprint density at radius 1 is 1.47 bits per heavy atom. The van der Waals surface area contributed by atoms with E-state index in [1.807, 2.05) is 0 Å². The zero-order valence-corrected chi connectivity index (χ0v) is 9.72. The molecule has 2 N–H and O–H groups in total. The smallest absolute Gasteiger partial charge is 0.329 e. The molecule has 92 valence electrons. The molecule has 0 aliphatic carbocycles. The van der Waals surface area contributed by atoms with Crippen LogP contribution in [0.25, 0.3) is 0 Å². The fraction of sp³-hybridized carbons (Fsp3) is 0.500. The van der Waals surface area contributed by atoms with Gasteiger partial charge >= 0.3 is 5.69 Å². The molecule has 8 nitrogen and oxygen atoms in total. The predicted octanol–water partition coefficient (Wildman–Crippen LogP) is -0.464. The van der Waals surface area contributed by atoms with Crippen molar-refractivity contribution in [1.82, 2.24) is 9.97 Å². The zero-order valence-electron chi connectivity index (χ0n) is 8.90. The van der Waals surface area contributed by atoms with E-state index in [1.165, 1.54) is 0 Å². The minimum atomic E-state index is -0.844. The van der Waals surface area contributed by atoms with E-state index >= 15 is 0 Å². The fourth-order valence-electron chi connectivity index (χ4n) is 1.59. The fourth-order valence-corrected chi connectivity index (χ4v) is 2.64. The summed E-state index contributed by atoms with van der Waals surface area (Å²) >= 11 is 0. The molecule has 0 unspecified atom stereocenters. The number of rotatable bonds is 2. The van der Waals surface area contributed by atoms with E-state index in [4.69, 9.17) is 5.73 Å². The van der Waals surface area contributed by atoms with E-state index in [9.17, 15) is 14.3 Å². The van der Waals surface area contributed by atoms with E-state index in [0.29, 0.717) is 24.6 Å². The molecule has 0 saturated carbocycles. The van der Waals surface area contributed by atoms with Gasteiger partial charge in [0.15, 0.2) is 0 Å². The maximum absolute atomic E-state index is 11.2. The molecule has 1 aromatic rings. The van der Waals surface area contributed by atoms with Crippen molar-refractivity contribution < 1.29 is 9.13 Å². The molecule has 0 bridgehead atoms. The molecule has 1 fully saturated rings. The summed E-state index contributed by atoms with van der Waals surface area (Å²) in [6, 6.07) is 0. The molecule has 1 saturated heterocycles. The van der Waals surface area contributed by atoms with Crippen LogP contribution in [0.5, 0.6) is 0 Å². The second-order valence-corrected chi connectivity index (χ2v) is 5.23. The number of nitro groups is 1. The van der Waals surface area contributed by atoms with Crippen molar-refractivity contribution in [2.24, 2.45) is 0 Å². The van der Waals surface area contributed by atoms with Crippen molar-refractivity contribution >= 4 is 28.3 Å². The van der Waals surface area contributed by atoms with Crippen LogP contribution in [0.1, 0.15) is 0 Å². The summed E-state index contributed by atoms with van der Waals surface area (Å²) < 4.78 is 11.2. The maximum atomic E-state index is 11.2. The Morgan fingerprint density at radius 3 is 2.71 bits per heavy atom. The highest BCUT2D eigenvalue weighted by molar-refractivity contribution is 7.85. The predicted molar refractivity (Wildman–Crippen MR) is 63.2 cm³/mol. The second-order valence-electron chi connectivity index (χ2n) is 3.53. The summed E-state index contributed by atoms with van der Waals surface area (Å²) in [4.78, 5) is 19.5. The highest BCUT2D eigenvalue weighted by atomic mass is 32.2. The number of anilines is 2. The van der Waals surface area contributed by atoms with Crippen LogP contribution in [0.15, 0.2) is 6.20 Å². The van der Waals surface area contributed by atoms with Crippen molar-refractivity contribution in [3.8, 4) is 0 Å². The monoisotopic (exact) mass is 257 g/mol. The average Bonchev–Trinajstić information content (AvgIpc) is 2.29. The molecule has 1 aliphatic rings. The Kier molecular flexibility index (Phi) is 3.18. The first kappa shape index (κ1) is 11.7. The second kappa shape index (κ2) is 4.62. The third-order valence-corrected chi connectivity index (χ3v) is 3.72. The van der Waals surface area contributed by atoms with E-state index in [-0.39, 0.29) is 17.5 Å². The molecule has 0 atom stereocenters. The molecule has 0 spiro atoms. The minimum Gasteiger partial charge on any atom is -0.368 e. The molecule has 9 heteroatoms. The third kappa shape index (κ3) is 2.49. The standard InChI is InChI=1S/C8H11N5O3S/c9-8-10-5-6(13(14)15)7(11-8)12-1-3-17(16)4-2-12/h5H,1-4H2,(H2,9,10,11). The van der Waals surface area contributed by atoms with Crippen LogP contribution in [0.4, 0.5) is 17.5 Å². The molecule has 2 rings (SSSR count). The summed E-state index contributed by atoms with van der Waals surface area (Å²) in [5, 5.41) is 10.8. The van der Waals surface area contributed by atoms with Gasteiger partial charge in [-0.3, -0.25) is 14.3 Å². The Balaban J connectivity index is 2.33. The van der Waals surface area contributed by atoms with Crippen LogP contribution >= 0.6 is 0 Å². The molecule has 0 amide bonds. The maximum Gasteiger partial charge on any atom is 0.329 e. The normalized spacial score (nSPS) is 17.1. The van der Waals surface area contributed by atoms with Crippen LogP contribution in [0, 0.1) is 10.1 Å². The van der Waals surface area contributed by atoms with Gasteiger partial charge in [-0.1, -0.05) is 0 Å². The van der Waals surface area contributed by atoms with Crippen molar-refractivity contribution in [3.63, 3.8) is 0 Å². The average molecular weight is 257 g/mol. The van der Waals surface area contributed by atoms with Gasteiger partial charge in [-0.2, -0.15) is 4.98 Å². The first-order chi connectivity index (χ1) is 8.08. The molecule has 0 aromatic carbocycles. The van der Waals surface area contributed by atoms with Crippen LogP contribution in [-0.2, 0) is 10.8 Å². The summed E-state index contributed by atoms with van der Waals surface area (Å²) in [5.41, 5.74) is 5.26.